The molecule has 0 radical (unpaired) electrons. The zero-order valence-electron chi connectivity index (χ0n) is 15.4. The van der Waals surface area contributed by atoms with E-state index in [1.165, 1.54) is 24.0 Å². The molecule has 0 spiro atoms. The lowest BCUT2D eigenvalue weighted by atomic mass is 10.1. The lowest BCUT2D eigenvalue weighted by Gasteiger charge is -2.21. The van der Waals surface area contributed by atoms with Gasteiger partial charge in [0.15, 0.2) is 5.96 Å². The van der Waals surface area contributed by atoms with Crippen LogP contribution in [0.25, 0.3) is 0 Å². The first-order chi connectivity index (χ1) is 12.2. The van der Waals surface area contributed by atoms with E-state index < -0.39 is 0 Å². The highest BCUT2D eigenvalue weighted by Crippen LogP contribution is 2.27. The van der Waals surface area contributed by atoms with Crippen molar-refractivity contribution in [1.29, 1.82) is 0 Å². The van der Waals surface area contributed by atoms with Gasteiger partial charge in [-0.2, -0.15) is 0 Å². The zero-order valence-corrected chi connectivity index (χ0v) is 15.4. The molecule has 2 aliphatic rings. The van der Waals surface area contributed by atoms with Gasteiger partial charge in [0.1, 0.15) is 0 Å². The van der Waals surface area contributed by atoms with Gasteiger partial charge in [-0.15, -0.1) is 0 Å². The molecule has 25 heavy (non-hydrogen) atoms. The van der Waals surface area contributed by atoms with E-state index in [-0.39, 0.29) is 12.0 Å². The topological polar surface area (TPSA) is 56.7 Å². The maximum atomic E-state index is 12.5. The molecule has 1 saturated heterocycles. The monoisotopic (exact) mass is 342 g/mol. The van der Waals surface area contributed by atoms with Crippen LogP contribution < -0.4 is 10.6 Å². The fourth-order valence-corrected chi connectivity index (χ4v) is 3.79. The maximum absolute atomic E-state index is 12.5. The van der Waals surface area contributed by atoms with E-state index in [0.29, 0.717) is 5.91 Å². The molecular weight excluding hydrogens is 312 g/mol. The van der Waals surface area contributed by atoms with Crippen molar-refractivity contribution in [1.82, 2.24) is 15.5 Å². The van der Waals surface area contributed by atoms with Crippen LogP contribution in [0.15, 0.2) is 29.3 Å². The lowest BCUT2D eigenvalue weighted by molar-refractivity contribution is -0.134. The van der Waals surface area contributed by atoms with Gasteiger partial charge in [-0.3, -0.25) is 9.79 Å². The number of nitrogens with one attached hydrogen (secondary N) is 2. The van der Waals surface area contributed by atoms with E-state index in [9.17, 15) is 4.79 Å². The summed E-state index contributed by atoms with van der Waals surface area (Å²) >= 11 is 0. The zero-order chi connectivity index (χ0) is 17.6. The van der Waals surface area contributed by atoms with E-state index in [1.807, 2.05) is 4.90 Å². The number of carbonyl (C=O) groups excluding carboxylic acids is 1. The predicted molar refractivity (Wildman–Crippen MR) is 101 cm³/mol. The first-order valence-electron chi connectivity index (χ1n) is 9.47. The molecule has 2 N–H and O–H groups in total. The molecule has 0 bridgehead atoms. The molecule has 5 nitrogen and oxygen atoms in total. The highest BCUT2D eigenvalue weighted by Gasteiger charge is 2.32. The molecule has 1 aliphatic carbocycles. The van der Waals surface area contributed by atoms with Crippen LogP contribution in [0.4, 0.5) is 0 Å². The van der Waals surface area contributed by atoms with Crippen molar-refractivity contribution in [3.05, 3.63) is 35.4 Å². The molecule has 1 saturated carbocycles. The molecule has 5 heteroatoms. The molecule has 1 aromatic rings. The molecule has 136 valence electrons. The normalized spacial score (nSPS) is 21.6. The second-order valence-electron chi connectivity index (χ2n) is 7.31. The van der Waals surface area contributed by atoms with Crippen molar-refractivity contribution in [3.63, 3.8) is 0 Å². The summed E-state index contributed by atoms with van der Waals surface area (Å²) < 4.78 is 0. The van der Waals surface area contributed by atoms with Crippen LogP contribution >= 0.6 is 0 Å². The lowest BCUT2D eigenvalue weighted by Crippen LogP contribution is -2.45. The molecular formula is C20H30N4O. The predicted octanol–water partition coefficient (Wildman–Crippen LogP) is 2.45. The van der Waals surface area contributed by atoms with Gasteiger partial charge in [0.2, 0.25) is 5.91 Å². The Morgan fingerprint density at radius 1 is 1.20 bits per heavy atom. The average molecular weight is 342 g/mol. The molecule has 1 amide bonds. The number of amides is 1. The number of rotatable bonds is 4. The molecule has 1 aliphatic heterocycles. The summed E-state index contributed by atoms with van der Waals surface area (Å²) in [4.78, 5) is 18.9. The van der Waals surface area contributed by atoms with Crippen molar-refractivity contribution in [2.24, 2.45) is 10.9 Å². The Labute approximate surface area is 150 Å². The Morgan fingerprint density at radius 3 is 2.60 bits per heavy atom. The van der Waals surface area contributed by atoms with E-state index in [2.05, 4.69) is 46.8 Å². The van der Waals surface area contributed by atoms with Crippen LogP contribution in [-0.2, 0) is 11.3 Å². The van der Waals surface area contributed by atoms with Crippen molar-refractivity contribution < 1.29 is 4.79 Å². The Kier molecular flexibility index (Phi) is 5.95. The van der Waals surface area contributed by atoms with Crippen LogP contribution in [0.5, 0.6) is 0 Å². The van der Waals surface area contributed by atoms with Gasteiger partial charge in [-0.25, -0.2) is 0 Å². The number of likely N-dealkylation sites (tertiary alicyclic amines) is 1. The summed E-state index contributed by atoms with van der Waals surface area (Å²) in [6.07, 6.45) is 5.56. The van der Waals surface area contributed by atoms with Gasteiger partial charge in [0.05, 0.1) is 0 Å². The number of carbonyl (C=O) groups is 1. The van der Waals surface area contributed by atoms with Crippen LogP contribution in [0, 0.1) is 12.8 Å². The molecule has 1 heterocycles. The van der Waals surface area contributed by atoms with Crippen LogP contribution in [-0.4, -0.2) is 42.9 Å². The minimum Gasteiger partial charge on any atom is -0.352 e. The second kappa shape index (κ2) is 8.37. The Hall–Kier alpha value is -2.04. The van der Waals surface area contributed by atoms with E-state index in [1.54, 1.807) is 7.05 Å². The summed E-state index contributed by atoms with van der Waals surface area (Å²) in [5.74, 6) is 1.45. The number of benzene rings is 1. The molecule has 1 atom stereocenters. The van der Waals surface area contributed by atoms with Crippen molar-refractivity contribution in [2.75, 3.05) is 20.1 Å². The molecule has 0 aromatic heterocycles. The van der Waals surface area contributed by atoms with E-state index in [4.69, 9.17) is 0 Å². The summed E-state index contributed by atoms with van der Waals surface area (Å²) in [7, 11) is 1.79. The molecule has 1 unspecified atom stereocenters. The van der Waals surface area contributed by atoms with E-state index in [0.717, 1.165) is 44.9 Å². The third-order valence-electron chi connectivity index (χ3n) is 5.35. The molecule has 3 rings (SSSR count). The average Bonchev–Trinajstić information content (AvgIpc) is 3.31. The summed E-state index contributed by atoms with van der Waals surface area (Å²) in [6.45, 7) is 4.50. The van der Waals surface area contributed by atoms with Crippen LogP contribution in [0.3, 0.4) is 0 Å². The number of aliphatic imine (C=N–C) groups is 1. The van der Waals surface area contributed by atoms with Gasteiger partial charge in [0, 0.05) is 38.6 Å². The van der Waals surface area contributed by atoms with Crippen molar-refractivity contribution in [3.8, 4) is 0 Å². The van der Waals surface area contributed by atoms with Crippen LogP contribution in [0.1, 0.15) is 43.2 Å². The highest BCUT2D eigenvalue weighted by atomic mass is 16.2. The highest BCUT2D eigenvalue weighted by molar-refractivity contribution is 5.81. The summed E-state index contributed by atoms with van der Waals surface area (Å²) in [5, 5.41) is 6.83. The smallest absolute Gasteiger partial charge is 0.225 e. The van der Waals surface area contributed by atoms with Gasteiger partial charge < -0.3 is 15.5 Å². The SMILES string of the molecule is CN=C(NCc1ccc(C)cc1)NC1CCN(C(=O)C2CCCC2)C1. The van der Waals surface area contributed by atoms with Gasteiger partial charge in [0.25, 0.3) is 0 Å². The van der Waals surface area contributed by atoms with Crippen molar-refractivity contribution in [2.45, 2.75) is 51.6 Å². The fraction of sp³-hybridized carbons (Fsp3) is 0.600. The minimum absolute atomic E-state index is 0.276. The minimum atomic E-state index is 0.276. The first kappa shape index (κ1) is 17.8. The number of aryl methyl sites for hydroxylation is 1. The third kappa shape index (κ3) is 4.74. The van der Waals surface area contributed by atoms with Gasteiger partial charge >= 0.3 is 0 Å². The van der Waals surface area contributed by atoms with Gasteiger partial charge in [-0.1, -0.05) is 42.7 Å². The summed E-state index contributed by atoms with van der Waals surface area (Å²) in [6, 6.07) is 8.79. The third-order valence-corrected chi connectivity index (χ3v) is 5.35. The quantitative estimate of drug-likeness (QED) is 0.653. The van der Waals surface area contributed by atoms with Crippen LogP contribution in [0.2, 0.25) is 0 Å². The second-order valence-corrected chi connectivity index (χ2v) is 7.31. The first-order valence-corrected chi connectivity index (χ1v) is 9.47. The number of hydrogen-bond acceptors (Lipinski definition) is 2. The maximum Gasteiger partial charge on any atom is 0.225 e. The number of hydrogen-bond donors (Lipinski definition) is 2. The fourth-order valence-electron chi connectivity index (χ4n) is 3.79. The largest absolute Gasteiger partial charge is 0.352 e. The van der Waals surface area contributed by atoms with E-state index >= 15 is 0 Å². The Balaban J connectivity index is 1.46. The molecule has 2 fully saturated rings. The Morgan fingerprint density at radius 2 is 1.92 bits per heavy atom. The van der Waals surface area contributed by atoms with Gasteiger partial charge in [-0.05, 0) is 31.7 Å². The number of nitrogens with zero attached hydrogens (tertiary/aromatic N) is 2. The van der Waals surface area contributed by atoms with Crippen molar-refractivity contribution >= 4 is 11.9 Å². The Bertz CT molecular complexity index is 605. The summed E-state index contributed by atoms with van der Waals surface area (Å²) in [5.41, 5.74) is 2.50. The molecule has 1 aromatic carbocycles. The standard InChI is InChI=1S/C20H30N4O/c1-15-7-9-16(10-8-15)13-22-20(21-2)23-18-11-12-24(14-18)19(25)17-5-3-4-6-17/h7-10,17-18H,3-6,11-14H2,1-2H3,(H2,21,22,23). The number of guanidine groups is 1.